The number of ether oxygens (including phenoxy) is 1. The normalized spacial score (nSPS) is 17.7. The fourth-order valence-electron chi connectivity index (χ4n) is 3.09. The van der Waals surface area contributed by atoms with Crippen molar-refractivity contribution >= 4 is 22.0 Å². The van der Waals surface area contributed by atoms with Gasteiger partial charge in [-0.15, -0.1) is 0 Å². The van der Waals surface area contributed by atoms with Crippen LogP contribution in [0.2, 0.25) is 0 Å². The predicted molar refractivity (Wildman–Crippen MR) is 96.3 cm³/mol. The lowest BCUT2D eigenvalue weighted by atomic mass is 9.74. The highest BCUT2D eigenvalue weighted by molar-refractivity contribution is 9.10. The molecule has 0 aliphatic carbocycles. The maximum atomic E-state index is 13.6. The average Bonchev–Trinajstić information content (AvgIpc) is 2.45. The van der Waals surface area contributed by atoms with Crippen LogP contribution in [-0.4, -0.2) is 36.2 Å². The lowest BCUT2D eigenvalue weighted by Gasteiger charge is -2.41. The molecule has 1 aliphatic rings. The van der Waals surface area contributed by atoms with Gasteiger partial charge in [0.1, 0.15) is 11.4 Å². The highest BCUT2D eigenvalue weighted by Gasteiger charge is 2.36. The minimum atomic E-state index is -0.493. The molecule has 1 heterocycles. The summed E-state index contributed by atoms with van der Waals surface area (Å²) >= 11 is 3.33. The van der Waals surface area contributed by atoms with E-state index in [1.54, 1.807) is 11.0 Å². The molecule has 1 aromatic rings. The van der Waals surface area contributed by atoms with Gasteiger partial charge in [-0.2, -0.15) is 0 Å². The van der Waals surface area contributed by atoms with Gasteiger partial charge < -0.3 is 15.4 Å². The molecule has 1 aromatic carbocycles. The van der Waals surface area contributed by atoms with Crippen molar-refractivity contribution in [2.75, 3.05) is 19.6 Å². The second kappa shape index (κ2) is 7.40. The van der Waals surface area contributed by atoms with E-state index in [-0.39, 0.29) is 17.3 Å². The lowest BCUT2D eigenvalue weighted by molar-refractivity contribution is 0.0109. The van der Waals surface area contributed by atoms with Crippen molar-refractivity contribution in [1.29, 1.82) is 0 Å². The van der Waals surface area contributed by atoms with Crippen LogP contribution in [-0.2, 0) is 11.2 Å². The van der Waals surface area contributed by atoms with E-state index in [2.05, 4.69) is 15.9 Å². The van der Waals surface area contributed by atoms with Crippen LogP contribution in [0.25, 0.3) is 0 Å². The number of hydrogen-bond acceptors (Lipinski definition) is 3. The largest absolute Gasteiger partial charge is 0.444 e. The van der Waals surface area contributed by atoms with E-state index < -0.39 is 5.60 Å². The van der Waals surface area contributed by atoms with Gasteiger partial charge in [-0.1, -0.05) is 15.9 Å². The Morgan fingerprint density at radius 1 is 1.33 bits per heavy atom. The minimum absolute atomic E-state index is 0.105. The minimum Gasteiger partial charge on any atom is -0.444 e. The van der Waals surface area contributed by atoms with Crippen molar-refractivity contribution in [3.63, 3.8) is 0 Å². The first-order valence-corrected chi connectivity index (χ1v) is 9.05. The highest BCUT2D eigenvalue weighted by Crippen LogP contribution is 2.35. The van der Waals surface area contributed by atoms with Gasteiger partial charge in [0, 0.05) is 17.6 Å². The first-order chi connectivity index (χ1) is 11.1. The number of halogens is 2. The molecule has 4 nitrogen and oxygen atoms in total. The van der Waals surface area contributed by atoms with Crippen LogP contribution >= 0.6 is 15.9 Å². The monoisotopic (exact) mass is 400 g/mol. The molecule has 2 N–H and O–H groups in total. The fourth-order valence-corrected chi connectivity index (χ4v) is 3.60. The number of nitrogens with two attached hydrogens (primary N) is 1. The van der Waals surface area contributed by atoms with Crippen LogP contribution < -0.4 is 5.73 Å². The van der Waals surface area contributed by atoms with E-state index in [0.717, 1.165) is 22.9 Å². The summed E-state index contributed by atoms with van der Waals surface area (Å²) in [6, 6.07) is 4.94. The van der Waals surface area contributed by atoms with Crippen LogP contribution in [0.1, 0.15) is 39.2 Å². The summed E-state index contributed by atoms with van der Waals surface area (Å²) in [7, 11) is 0. The van der Waals surface area contributed by atoms with Crippen LogP contribution in [0.5, 0.6) is 0 Å². The topological polar surface area (TPSA) is 55.6 Å². The number of carbonyl (C=O) groups excluding carboxylic acids is 1. The van der Waals surface area contributed by atoms with E-state index >= 15 is 0 Å². The zero-order valence-corrected chi connectivity index (χ0v) is 16.2. The maximum absolute atomic E-state index is 13.6. The third kappa shape index (κ3) is 5.18. The van der Waals surface area contributed by atoms with Crippen molar-refractivity contribution in [3.8, 4) is 0 Å². The molecule has 6 heteroatoms. The maximum Gasteiger partial charge on any atom is 0.410 e. The second-order valence-corrected chi connectivity index (χ2v) is 8.54. The fraction of sp³-hybridized carbons (Fsp3) is 0.611. The summed E-state index contributed by atoms with van der Waals surface area (Å²) in [5.41, 5.74) is 6.38. The molecule has 1 saturated heterocycles. The number of carbonyl (C=O) groups is 1. The number of benzene rings is 1. The summed E-state index contributed by atoms with van der Waals surface area (Å²) in [4.78, 5) is 13.9. The van der Waals surface area contributed by atoms with Crippen molar-refractivity contribution in [1.82, 2.24) is 4.90 Å². The molecule has 1 aliphatic heterocycles. The van der Waals surface area contributed by atoms with Gasteiger partial charge in [-0.3, -0.25) is 0 Å². The third-order valence-corrected chi connectivity index (χ3v) is 4.87. The van der Waals surface area contributed by atoms with Gasteiger partial charge in [-0.25, -0.2) is 9.18 Å². The van der Waals surface area contributed by atoms with Gasteiger partial charge in [0.15, 0.2) is 0 Å². The molecule has 134 valence electrons. The highest BCUT2D eigenvalue weighted by atomic mass is 79.9. The molecule has 0 radical (unpaired) electrons. The Balaban J connectivity index is 2.02. The Bertz CT molecular complexity index is 573. The van der Waals surface area contributed by atoms with Crippen molar-refractivity contribution in [2.24, 2.45) is 11.1 Å². The number of likely N-dealkylation sites (tertiary alicyclic amines) is 1. The van der Waals surface area contributed by atoms with Crippen LogP contribution in [0, 0.1) is 11.2 Å². The van der Waals surface area contributed by atoms with E-state index in [1.165, 1.54) is 6.07 Å². The molecule has 1 amide bonds. The Labute approximate surface area is 151 Å². The first kappa shape index (κ1) is 19.2. The molecule has 0 spiro atoms. The lowest BCUT2D eigenvalue weighted by Crippen LogP contribution is -2.48. The van der Waals surface area contributed by atoms with E-state index in [1.807, 2.05) is 26.8 Å². The standard InChI is InChI=1S/C18H26BrFN2O2/c1-17(2,3)24-16(23)22-6-4-18(12-21,5-7-22)11-13-8-14(19)10-15(20)9-13/h8-10H,4-7,11-12,21H2,1-3H3. The number of hydrogen-bond donors (Lipinski definition) is 1. The molecular weight excluding hydrogens is 375 g/mol. The number of rotatable bonds is 3. The molecule has 0 saturated carbocycles. The summed E-state index contributed by atoms with van der Waals surface area (Å²) in [6.07, 6.45) is 2.01. The molecule has 1 fully saturated rings. The molecule has 0 unspecified atom stereocenters. The molecule has 2 rings (SSSR count). The van der Waals surface area contributed by atoms with Crippen molar-refractivity contribution < 1.29 is 13.9 Å². The van der Waals surface area contributed by atoms with Gasteiger partial charge in [-0.05, 0) is 75.8 Å². The quantitative estimate of drug-likeness (QED) is 0.830. The average molecular weight is 401 g/mol. The molecule has 0 atom stereocenters. The Kier molecular flexibility index (Phi) is 5.91. The predicted octanol–water partition coefficient (Wildman–Crippen LogP) is 4.11. The molecule has 24 heavy (non-hydrogen) atoms. The third-order valence-electron chi connectivity index (χ3n) is 4.41. The van der Waals surface area contributed by atoms with Crippen molar-refractivity contribution in [3.05, 3.63) is 34.1 Å². The number of amides is 1. The van der Waals surface area contributed by atoms with Crippen LogP contribution in [0.4, 0.5) is 9.18 Å². The summed E-state index contributed by atoms with van der Waals surface area (Å²) < 4.78 is 19.8. The smallest absolute Gasteiger partial charge is 0.410 e. The van der Waals surface area contributed by atoms with Crippen LogP contribution in [0.15, 0.2) is 22.7 Å². The zero-order chi connectivity index (χ0) is 18.0. The van der Waals surface area contributed by atoms with Gasteiger partial charge in [0.2, 0.25) is 0 Å². The van der Waals surface area contributed by atoms with Crippen molar-refractivity contribution in [2.45, 2.75) is 45.6 Å². The van der Waals surface area contributed by atoms with E-state index in [4.69, 9.17) is 10.5 Å². The molecular formula is C18H26BrFN2O2. The zero-order valence-electron chi connectivity index (χ0n) is 14.6. The molecule has 0 bridgehead atoms. The van der Waals surface area contributed by atoms with Gasteiger partial charge in [0.25, 0.3) is 0 Å². The number of piperidine rings is 1. The Morgan fingerprint density at radius 3 is 2.46 bits per heavy atom. The van der Waals surface area contributed by atoms with Gasteiger partial charge in [0.05, 0.1) is 0 Å². The molecule has 0 aromatic heterocycles. The SMILES string of the molecule is CC(C)(C)OC(=O)N1CCC(CN)(Cc2cc(F)cc(Br)c2)CC1. The Morgan fingerprint density at radius 2 is 1.96 bits per heavy atom. The van der Waals surface area contributed by atoms with Gasteiger partial charge >= 0.3 is 6.09 Å². The summed E-state index contributed by atoms with van der Waals surface area (Å²) in [5.74, 6) is -0.252. The van der Waals surface area contributed by atoms with E-state index in [0.29, 0.717) is 26.1 Å². The second-order valence-electron chi connectivity index (χ2n) is 7.63. The summed E-state index contributed by atoms with van der Waals surface area (Å²) in [6.45, 7) is 7.33. The number of nitrogens with zero attached hydrogens (tertiary/aromatic N) is 1. The first-order valence-electron chi connectivity index (χ1n) is 8.25. The van der Waals surface area contributed by atoms with E-state index in [9.17, 15) is 9.18 Å². The Hall–Kier alpha value is -1.14. The summed E-state index contributed by atoms with van der Waals surface area (Å²) in [5, 5.41) is 0. The van der Waals surface area contributed by atoms with Crippen LogP contribution in [0.3, 0.4) is 0 Å².